The van der Waals surface area contributed by atoms with Crippen molar-refractivity contribution in [3.8, 4) is 0 Å². The Morgan fingerprint density at radius 1 is 1.00 bits per heavy atom. The molecule has 98 valence electrons. The second-order valence-corrected chi connectivity index (χ2v) is 4.93. The molecule has 1 atom stereocenters. The van der Waals surface area contributed by atoms with Gasteiger partial charge in [0, 0.05) is 5.69 Å². The molecule has 2 heteroatoms. The first-order chi connectivity index (χ1) is 9.08. The molecule has 0 heterocycles. The fourth-order valence-corrected chi connectivity index (χ4v) is 2.10. The van der Waals surface area contributed by atoms with Crippen molar-refractivity contribution in [1.82, 2.24) is 0 Å². The van der Waals surface area contributed by atoms with Gasteiger partial charge in [-0.15, -0.1) is 0 Å². The number of amides is 1. The number of carbonyl (C=O) groups excluding carboxylic acids is 1. The van der Waals surface area contributed by atoms with Gasteiger partial charge in [-0.25, -0.2) is 0 Å². The van der Waals surface area contributed by atoms with Crippen molar-refractivity contribution in [1.29, 1.82) is 0 Å². The van der Waals surface area contributed by atoms with Gasteiger partial charge in [-0.2, -0.15) is 0 Å². The highest BCUT2D eigenvalue weighted by Gasteiger charge is 2.16. The minimum atomic E-state index is -0.150. The Morgan fingerprint density at radius 3 is 2.26 bits per heavy atom. The minimum Gasteiger partial charge on any atom is -0.326 e. The van der Waals surface area contributed by atoms with E-state index in [0.29, 0.717) is 0 Å². The molecule has 0 fully saturated rings. The summed E-state index contributed by atoms with van der Waals surface area (Å²) >= 11 is 0. The van der Waals surface area contributed by atoms with Gasteiger partial charge in [0.05, 0.1) is 5.92 Å². The summed E-state index contributed by atoms with van der Waals surface area (Å²) in [6.07, 6.45) is 0. The molecule has 0 saturated carbocycles. The van der Waals surface area contributed by atoms with Crippen LogP contribution in [-0.2, 0) is 4.79 Å². The summed E-state index contributed by atoms with van der Waals surface area (Å²) in [5.74, 6) is -0.124. The standard InChI is InChI=1S/C17H19NO/c1-12-8-10-15(11-9-12)18-17(19)14(3)16-7-5-4-6-13(16)2/h4-11,14H,1-3H3,(H,18,19)/t14-/m1/s1. The molecule has 2 nitrogen and oxygen atoms in total. The van der Waals surface area contributed by atoms with Crippen molar-refractivity contribution in [2.24, 2.45) is 0 Å². The van der Waals surface area contributed by atoms with Crippen molar-refractivity contribution in [2.75, 3.05) is 5.32 Å². The van der Waals surface area contributed by atoms with Gasteiger partial charge in [0.2, 0.25) is 5.91 Å². The van der Waals surface area contributed by atoms with Gasteiger partial charge in [0.15, 0.2) is 0 Å². The molecule has 0 aliphatic carbocycles. The zero-order chi connectivity index (χ0) is 13.8. The van der Waals surface area contributed by atoms with Crippen molar-refractivity contribution >= 4 is 11.6 Å². The summed E-state index contributed by atoms with van der Waals surface area (Å²) in [4.78, 5) is 12.2. The first-order valence-corrected chi connectivity index (χ1v) is 6.51. The predicted molar refractivity (Wildman–Crippen MR) is 79.4 cm³/mol. The van der Waals surface area contributed by atoms with E-state index in [1.165, 1.54) is 5.56 Å². The second-order valence-electron chi connectivity index (χ2n) is 4.93. The molecule has 0 bridgehead atoms. The maximum atomic E-state index is 12.2. The molecular formula is C17H19NO. The number of aryl methyl sites for hydroxylation is 2. The summed E-state index contributed by atoms with van der Waals surface area (Å²) in [5.41, 5.74) is 4.25. The maximum absolute atomic E-state index is 12.2. The molecule has 0 unspecified atom stereocenters. The molecule has 2 aromatic carbocycles. The van der Waals surface area contributed by atoms with E-state index < -0.39 is 0 Å². The average Bonchev–Trinajstić information content (AvgIpc) is 2.41. The molecule has 0 aromatic heterocycles. The topological polar surface area (TPSA) is 29.1 Å². The van der Waals surface area contributed by atoms with E-state index in [2.05, 4.69) is 5.32 Å². The quantitative estimate of drug-likeness (QED) is 0.878. The minimum absolute atomic E-state index is 0.0261. The normalized spacial score (nSPS) is 11.9. The lowest BCUT2D eigenvalue weighted by molar-refractivity contribution is -0.117. The Hall–Kier alpha value is -2.09. The molecular weight excluding hydrogens is 234 g/mol. The van der Waals surface area contributed by atoms with Crippen LogP contribution in [0.1, 0.15) is 29.5 Å². The van der Waals surface area contributed by atoms with Crippen LogP contribution in [0, 0.1) is 13.8 Å². The van der Waals surface area contributed by atoms with Gasteiger partial charge in [0.1, 0.15) is 0 Å². The zero-order valence-corrected chi connectivity index (χ0v) is 11.6. The third-order valence-electron chi connectivity index (χ3n) is 3.37. The van der Waals surface area contributed by atoms with Gasteiger partial charge in [0.25, 0.3) is 0 Å². The molecule has 2 rings (SSSR count). The summed E-state index contributed by atoms with van der Waals surface area (Å²) in [6.45, 7) is 6.00. The molecule has 2 aromatic rings. The Labute approximate surface area is 114 Å². The molecule has 0 aliphatic heterocycles. The number of anilines is 1. The van der Waals surface area contributed by atoms with Crippen LogP contribution in [-0.4, -0.2) is 5.91 Å². The summed E-state index contributed by atoms with van der Waals surface area (Å²) in [5, 5.41) is 2.96. The van der Waals surface area contributed by atoms with Crippen molar-refractivity contribution < 1.29 is 4.79 Å². The molecule has 0 spiro atoms. The second kappa shape index (κ2) is 5.70. The molecule has 0 radical (unpaired) electrons. The van der Waals surface area contributed by atoms with Gasteiger partial charge in [-0.3, -0.25) is 4.79 Å². The summed E-state index contributed by atoms with van der Waals surface area (Å²) in [7, 11) is 0. The highest BCUT2D eigenvalue weighted by Crippen LogP contribution is 2.21. The lowest BCUT2D eigenvalue weighted by atomic mass is 9.96. The molecule has 1 N–H and O–H groups in total. The molecule has 0 aliphatic rings. The zero-order valence-electron chi connectivity index (χ0n) is 11.6. The lowest BCUT2D eigenvalue weighted by Gasteiger charge is -2.14. The lowest BCUT2D eigenvalue weighted by Crippen LogP contribution is -2.19. The van der Waals surface area contributed by atoms with Gasteiger partial charge in [-0.05, 0) is 44.0 Å². The third kappa shape index (κ3) is 3.22. The van der Waals surface area contributed by atoms with Crippen LogP contribution in [0.25, 0.3) is 0 Å². The Balaban J connectivity index is 2.12. The van der Waals surface area contributed by atoms with Crippen LogP contribution in [0.4, 0.5) is 5.69 Å². The van der Waals surface area contributed by atoms with Crippen LogP contribution in [0.15, 0.2) is 48.5 Å². The number of carbonyl (C=O) groups is 1. The fourth-order valence-electron chi connectivity index (χ4n) is 2.10. The molecule has 0 saturated heterocycles. The highest BCUT2D eigenvalue weighted by molar-refractivity contribution is 5.95. The number of hydrogen-bond acceptors (Lipinski definition) is 1. The van der Waals surface area contributed by atoms with E-state index in [0.717, 1.165) is 16.8 Å². The van der Waals surface area contributed by atoms with E-state index in [4.69, 9.17) is 0 Å². The highest BCUT2D eigenvalue weighted by atomic mass is 16.1. The van der Waals surface area contributed by atoms with Crippen LogP contribution < -0.4 is 5.32 Å². The van der Waals surface area contributed by atoms with Gasteiger partial charge < -0.3 is 5.32 Å². The Kier molecular flexibility index (Phi) is 4.00. The van der Waals surface area contributed by atoms with Gasteiger partial charge >= 0.3 is 0 Å². The average molecular weight is 253 g/mol. The number of hydrogen-bond donors (Lipinski definition) is 1. The van der Waals surface area contributed by atoms with Crippen molar-refractivity contribution in [3.05, 3.63) is 65.2 Å². The van der Waals surface area contributed by atoms with Crippen LogP contribution in [0.5, 0.6) is 0 Å². The van der Waals surface area contributed by atoms with Crippen LogP contribution in [0.3, 0.4) is 0 Å². The SMILES string of the molecule is Cc1ccc(NC(=O)[C@H](C)c2ccccc2C)cc1. The monoisotopic (exact) mass is 253 g/mol. The van der Waals surface area contributed by atoms with E-state index in [1.807, 2.05) is 69.3 Å². The fraction of sp³-hybridized carbons (Fsp3) is 0.235. The smallest absolute Gasteiger partial charge is 0.231 e. The van der Waals surface area contributed by atoms with Gasteiger partial charge in [-0.1, -0.05) is 42.0 Å². The Bertz CT molecular complexity index is 572. The van der Waals surface area contributed by atoms with Crippen LogP contribution in [0.2, 0.25) is 0 Å². The van der Waals surface area contributed by atoms with E-state index in [1.54, 1.807) is 0 Å². The summed E-state index contributed by atoms with van der Waals surface area (Å²) in [6, 6.07) is 15.8. The van der Waals surface area contributed by atoms with Crippen LogP contribution >= 0.6 is 0 Å². The van der Waals surface area contributed by atoms with Crippen molar-refractivity contribution in [2.45, 2.75) is 26.7 Å². The summed E-state index contributed by atoms with van der Waals surface area (Å²) < 4.78 is 0. The largest absolute Gasteiger partial charge is 0.326 e. The predicted octanol–water partition coefficient (Wildman–Crippen LogP) is 4.05. The number of rotatable bonds is 3. The Morgan fingerprint density at radius 2 is 1.63 bits per heavy atom. The number of nitrogens with one attached hydrogen (secondary N) is 1. The first kappa shape index (κ1) is 13.3. The van der Waals surface area contributed by atoms with Crippen molar-refractivity contribution in [3.63, 3.8) is 0 Å². The third-order valence-corrected chi connectivity index (χ3v) is 3.37. The van der Waals surface area contributed by atoms with E-state index in [-0.39, 0.29) is 11.8 Å². The molecule has 19 heavy (non-hydrogen) atoms. The number of benzene rings is 2. The first-order valence-electron chi connectivity index (χ1n) is 6.51. The maximum Gasteiger partial charge on any atom is 0.231 e. The molecule has 1 amide bonds. The van der Waals surface area contributed by atoms with E-state index >= 15 is 0 Å². The van der Waals surface area contributed by atoms with E-state index in [9.17, 15) is 4.79 Å².